The van der Waals surface area contributed by atoms with Gasteiger partial charge in [0.15, 0.2) is 5.96 Å². The van der Waals surface area contributed by atoms with E-state index in [0.717, 1.165) is 0 Å². The van der Waals surface area contributed by atoms with Crippen molar-refractivity contribution in [1.82, 2.24) is 0 Å². The fourth-order valence-corrected chi connectivity index (χ4v) is 2.30. The molecule has 5 nitrogen and oxygen atoms in total. The lowest BCUT2D eigenvalue weighted by Crippen LogP contribution is -2.39. The SMILES string of the molecule is NC(N)=NC(C(=O)OCl)(c1ccccc1)c1ccccc1. The maximum atomic E-state index is 12.4. The molecule has 0 fully saturated rings. The Balaban J connectivity index is 2.78. The summed E-state index contributed by atoms with van der Waals surface area (Å²) in [6.07, 6.45) is 0. The van der Waals surface area contributed by atoms with E-state index in [4.69, 9.17) is 23.3 Å². The van der Waals surface area contributed by atoms with Crippen molar-refractivity contribution in [2.75, 3.05) is 0 Å². The Hall–Kier alpha value is -2.53. The van der Waals surface area contributed by atoms with Crippen LogP contribution in [0, 0.1) is 0 Å². The fourth-order valence-electron chi connectivity index (χ4n) is 2.19. The molecule has 0 atom stereocenters. The van der Waals surface area contributed by atoms with E-state index >= 15 is 0 Å². The van der Waals surface area contributed by atoms with E-state index in [0.29, 0.717) is 11.1 Å². The second-order valence-corrected chi connectivity index (χ2v) is 4.50. The van der Waals surface area contributed by atoms with Crippen molar-refractivity contribution < 1.29 is 9.08 Å². The summed E-state index contributed by atoms with van der Waals surface area (Å²) in [5, 5.41) is 0. The number of rotatable bonds is 4. The normalized spacial score (nSPS) is 10.7. The predicted molar refractivity (Wildman–Crippen MR) is 81.4 cm³/mol. The van der Waals surface area contributed by atoms with Crippen LogP contribution < -0.4 is 11.5 Å². The molecule has 0 heterocycles. The van der Waals surface area contributed by atoms with Gasteiger partial charge in [0.1, 0.15) is 11.9 Å². The highest BCUT2D eigenvalue weighted by Crippen LogP contribution is 2.35. The summed E-state index contributed by atoms with van der Waals surface area (Å²) in [7, 11) is 0. The van der Waals surface area contributed by atoms with Crippen LogP contribution in [0.3, 0.4) is 0 Å². The molecule has 0 radical (unpaired) electrons. The molecule has 2 aromatic rings. The van der Waals surface area contributed by atoms with Crippen molar-refractivity contribution in [3.63, 3.8) is 0 Å². The minimum atomic E-state index is -1.54. The number of benzene rings is 2. The number of nitrogens with zero attached hydrogens (tertiary/aromatic N) is 1. The van der Waals surface area contributed by atoms with Gasteiger partial charge in [-0.15, -0.1) is 0 Å². The highest BCUT2D eigenvalue weighted by Gasteiger charge is 2.44. The average molecular weight is 304 g/mol. The summed E-state index contributed by atoms with van der Waals surface area (Å²) < 4.78 is 4.44. The smallest absolute Gasteiger partial charge is 0.361 e. The van der Waals surface area contributed by atoms with Gasteiger partial charge < -0.3 is 15.8 Å². The van der Waals surface area contributed by atoms with Crippen LogP contribution in [0.5, 0.6) is 0 Å². The van der Waals surface area contributed by atoms with Crippen LogP contribution in [-0.4, -0.2) is 11.9 Å². The Bertz CT molecular complexity index is 601. The molecule has 0 aromatic heterocycles. The molecule has 0 aliphatic heterocycles. The summed E-state index contributed by atoms with van der Waals surface area (Å²) in [4.78, 5) is 16.5. The van der Waals surface area contributed by atoms with Crippen molar-refractivity contribution in [2.24, 2.45) is 16.5 Å². The largest absolute Gasteiger partial charge is 0.370 e. The number of carbonyl (C=O) groups is 1. The predicted octanol–water partition coefficient (Wildman–Crippen LogP) is 1.90. The average Bonchev–Trinajstić information content (AvgIpc) is 2.53. The quantitative estimate of drug-likeness (QED) is 0.666. The Morgan fingerprint density at radius 1 is 0.952 bits per heavy atom. The zero-order valence-electron chi connectivity index (χ0n) is 11.1. The van der Waals surface area contributed by atoms with Gasteiger partial charge in [0.05, 0.1) is 0 Å². The summed E-state index contributed by atoms with van der Waals surface area (Å²) in [5.74, 6) is -1.03. The molecular formula is C15H14ClN3O2. The minimum absolute atomic E-state index is 0.246. The summed E-state index contributed by atoms with van der Waals surface area (Å²) >= 11 is 5.32. The number of carbonyl (C=O) groups excluding carboxylic acids is 1. The molecule has 4 N–H and O–H groups in total. The Morgan fingerprint density at radius 2 is 1.38 bits per heavy atom. The number of nitrogens with two attached hydrogens (primary N) is 2. The molecule has 108 valence electrons. The van der Waals surface area contributed by atoms with E-state index in [-0.39, 0.29) is 5.96 Å². The number of hydrogen-bond donors (Lipinski definition) is 2. The van der Waals surface area contributed by atoms with Crippen LogP contribution in [0.25, 0.3) is 0 Å². The van der Waals surface area contributed by atoms with Crippen LogP contribution in [0.15, 0.2) is 65.7 Å². The lowest BCUT2D eigenvalue weighted by molar-refractivity contribution is -0.138. The molecule has 2 aromatic carbocycles. The van der Waals surface area contributed by atoms with Crippen molar-refractivity contribution in [3.05, 3.63) is 71.8 Å². The van der Waals surface area contributed by atoms with Gasteiger partial charge in [-0.3, -0.25) is 0 Å². The molecule has 0 amide bonds. The fraction of sp³-hybridized carbons (Fsp3) is 0.0667. The number of hydrogen-bond acceptors (Lipinski definition) is 3. The Labute approximate surface area is 127 Å². The molecule has 6 heteroatoms. The monoisotopic (exact) mass is 303 g/mol. The zero-order chi connectivity index (χ0) is 15.3. The van der Waals surface area contributed by atoms with Gasteiger partial charge in [0.25, 0.3) is 0 Å². The Kier molecular flexibility index (Phi) is 4.45. The first-order valence-corrected chi connectivity index (χ1v) is 6.47. The molecular weight excluding hydrogens is 290 g/mol. The number of aliphatic imine (C=N–C) groups is 1. The van der Waals surface area contributed by atoms with Gasteiger partial charge in [0.2, 0.25) is 5.54 Å². The van der Waals surface area contributed by atoms with Gasteiger partial charge in [-0.2, -0.15) is 0 Å². The molecule has 0 unspecified atom stereocenters. The molecule has 0 saturated heterocycles. The van der Waals surface area contributed by atoms with Crippen LogP contribution in [0.1, 0.15) is 11.1 Å². The van der Waals surface area contributed by atoms with Crippen LogP contribution in [-0.2, 0) is 14.6 Å². The molecule has 2 rings (SSSR count). The lowest BCUT2D eigenvalue weighted by atomic mass is 9.83. The van der Waals surface area contributed by atoms with E-state index in [9.17, 15) is 4.79 Å². The van der Waals surface area contributed by atoms with E-state index in [2.05, 4.69) is 9.28 Å². The summed E-state index contributed by atoms with van der Waals surface area (Å²) in [5.41, 5.74) is 10.6. The molecule has 0 saturated carbocycles. The van der Waals surface area contributed by atoms with Gasteiger partial charge in [-0.1, -0.05) is 60.7 Å². The summed E-state index contributed by atoms with van der Waals surface area (Å²) in [6.45, 7) is 0. The minimum Gasteiger partial charge on any atom is -0.370 e. The van der Waals surface area contributed by atoms with Gasteiger partial charge >= 0.3 is 5.97 Å². The van der Waals surface area contributed by atoms with E-state index in [1.54, 1.807) is 48.5 Å². The zero-order valence-corrected chi connectivity index (χ0v) is 11.8. The van der Waals surface area contributed by atoms with Crippen molar-refractivity contribution in [2.45, 2.75) is 5.54 Å². The van der Waals surface area contributed by atoms with Crippen molar-refractivity contribution >= 4 is 23.8 Å². The number of guanidine groups is 1. The molecule has 0 aliphatic carbocycles. The maximum Gasteiger partial charge on any atom is 0.361 e. The Morgan fingerprint density at radius 3 is 1.71 bits per heavy atom. The second-order valence-electron chi connectivity index (χ2n) is 4.34. The summed E-state index contributed by atoms with van der Waals surface area (Å²) in [6, 6.07) is 17.7. The standard InChI is InChI=1S/C15H14ClN3O2/c16-21-13(20)15(19-14(17)18,11-7-3-1-4-8-11)12-9-5-2-6-10-12/h1-10H,(H4,17,18,19). The third-order valence-corrected chi connectivity index (χ3v) is 3.19. The van der Waals surface area contributed by atoms with E-state index < -0.39 is 11.5 Å². The van der Waals surface area contributed by atoms with Crippen LogP contribution in [0.4, 0.5) is 0 Å². The number of halogens is 1. The molecule has 0 spiro atoms. The molecule has 21 heavy (non-hydrogen) atoms. The topological polar surface area (TPSA) is 90.7 Å². The van der Waals surface area contributed by atoms with Gasteiger partial charge in [-0.25, -0.2) is 9.79 Å². The van der Waals surface area contributed by atoms with Gasteiger partial charge in [-0.05, 0) is 11.1 Å². The van der Waals surface area contributed by atoms with Crippen LogP contribution >= 0.6 is 11.9 Å². The van der Waals surface area contributed by atoms with Crippen molar-refractivity contribution in [1.29, 1.82) is 0 Å². The lowest BCUT2D eigenvalue weighted by Gasteiger charge is -2.27. The first kappa shape index (κ1) is 14.9. The highest BCUT2D eigenvalue weighted by atomic mass is 35.5. The highest BCUT2D eigenvalue weighted by molar-refractivity contribution is 6.15. The molecule has 0 aliphatic rings. The van der Waals surface area contributed by atoms with E-state index in [1.807, 2.05) is 12.1 Å². The third kappa shape index (κ3) is 2.83. The van der Waals surface area contributed by atoms with E-state index in [1.165, 1.54) is 0 Å². The first-order valence-electron chi connectivity index (χ1n) is 6.16. The van der Waals surface area contributed by atoms with Crippen molar-refractivity contribution in [3.8, 4) is 0 Å². The maximum absolute atomic E-state index is 12.4. The second kappa shape index (κ2) is 6.28. The van der Waals surface area contributed by atoms with Gasteiger partial charge in [0, 0.05) is 0 Å². The third-order valence-electron chi connectivity index (χ3n) is 3.05. The first-order chi connectivity index (χ1) is 10.1. The molecule has 0 bridgehead atoms. The van der Waals surface area contributed by atoms with Crippen LogP contribution in [0.2, 0.25) is 0 Å².